The van der Waals surface area contributed by atoms with Gasteiger partial charge in [-0.2, -0.15) is 0 Å². The van der Waals surface area contributed by atoms with Gasteiger partial charge in [-0.1, -0.05) is 35.8 Å². The van der Waals surface area contributed by atoms with E-state index in [-0.39, 0.29) is 11.5 Å². The van der Waals surface area contributed by atoms with E-state index >= 15 is 0 Å². The van der Waals surface area contributed by atoms with Gasteiger partial charge in [-0.3, -0.25) is 13.5 Å². The SMILES string of the molecule is COc1ccc(CNC(=O)CCCn2sc3ccccc3c2=O)cc1. The van der Waals surface area contributed by atoms with Crippen LogP contribution >= 0.6 is 11.5 Å². The smallest absolute Gasteiger partial charge is 0.268 e. The number of carbonyl (C=O) groups is 1. The molecule has 0 aliphatic heterocycles. The average Bonchev–Trinajstić information content (AvgIpc) is 2.97. The minimum absolute atomic E-state index is 0.00928. The first-order valence-electron chi connectivity index (χ1n) is 8.16. The third-order valence-electron chi connectivity index (χ3n) is 3.97. The first-order chi connectivity index (χ1) is 12.2. The first-order valence-corrected chi connectivity index (χ1v) is 8.93. The molecule has 0 aliphatic carbocycles. The minimum Gasteiger partial charge on any atom is -0.497 e. The van der Waals surface area contributed by atoms with E-state index in [9.17, 15) is 9.59 Å². The van der Waals surface area contributed by atoms with Crippen molar-refractivity contribution in [2.75, 3.05) is 7.11 Å². The number of nitrogens with zero attached hydrogens (tertiary/aromatic N) is 1. The number of fused-ring (bicyclic) bond motifs is 1. The molecule has 6 heteroatoms. The first kappa shape index (κ1) is 17.2. The molecule has 0 radical (unpaired) electrons. The van der Waals surface area contributed by atoms with Crippen LogP contribution in [0.25, 0.3) is 10.1 Å². The van der Waals surface area contributed by atoms with Crippen molar-refractivity contribution in [2.45, 2.75) is 25.9 Å². The molecule has 0 spiro atoms. The summed E-state index contributed by atoms with van der Waals surface area (Å²) >= 11 is 1.45. The van der Waals surface area contributed by atoms with Gasteiger partial charge in [-0.05, 0) is 36.2 Å². The summed E-state index contributed by atoms with van der Waals surface area (Å²) in [5.74, 6) is 0.786. The normalized spacial score (nSPS) is 10.8. The summed E-state index contributed by atoms with van der Waals surface area (Å²) in [6, 6.07) is 15.2. The highest BCUT2D eigenvalue weighted by Gasteiger charge is 2.07. The number of rotatable bonds is 7. The Kier molecular flexibility index (Phi) is 5.50. The number of amides is 1. The summed E-state index contributed by atoms with van der Waals surface area (Å²) in [7, 11) is 1.62. The third-order valence-corrected chi connectivity index (χ3v) is 5.09. The third kappa shape index (κ3) is 4.28. The van der Waals surface area contributed by atoms with E-state index in [0.717, 1.165) is 21.4 Å². The van der Waals surface area contributed by atoms with Crippen molar-refractivity contribution >= 4 is 27.5 Å². The molecular weight excluding hydrogens is 336 g/mol. The van der Waals surface area contributed by atoms with E-state index in [1.807, 2.05) is 48.5 Å². The van der Waals surface area contributed by atoms with Gasteiger partial charge in [0.25, 0.3) is 5.56 Å². The number of nitrogens with one attached hydrogen (secondary N) is 1. The lowest BCUT2D eigenvalue weighted by atomic mass is 10.2. The summed E-state index contributed by atoms with van der Waals surface area (Å²) in [5.41, 5.74) is 1.05. The molecule has 1 N–H and O–H groups in total. The van der Waals surface area contributed by atoms with Crippen LogP contribution in [-0.4, -0.2) is 17.0 Å². The number of aromatic nitrogens is 1. The van der Waals surface area contributed by atoms with Crippen LogP contribution in [0.3, 0.4) is 0 Å². The van der Waals surface area contributed by atoms with Crippen LogP contribution in [0.15, 0.2) is 53.3 Å². The fraction of sp³-hybridized carbons (Fsp3) is 0.263. The lowest BCUT2D eigenvalue weighted by molar-refractivity contribution is -0.121. The van der Waals surface area contributed by atoms with Gasteiger partial charge in [0.05, 0.1) is 17.2 Å². The molecule has 0 aliphatic rings. The molecule has 1 aromatic heterocycles. The van der Waals surface area contributed by atoms with E-state index < -0.39 is 0 Å². The van der Waals surface area contributed by atoms with Crippen molar-refractivity contribution in [2.24, 2.45) is 0 Å². The van der Waals surface area contributed by atoms with Gasteiger partial charge in [0.2, 0.25) is 5.91 Å². The molecule has 0 fully saturated rings. The Balaban J connectivity index is 1.47. The predicted octanol–water partition coefficient (Wildman–Crippen LogP) is 3.17. The molecule has 25 heavy (non-hydrogen) atoms. The molecule has 3 aromatic rings. The van der Waals surface area contributed by atoms with Gasteiger partial charge in [0.15, 0.2) is 0 Å². The second-order valence-corrected chi connectivity index (χ2v) is 6.79. The second-order valence-electron chi connectivity index (χ2n) is 5.72. The topological polar surface area (TPSA) is 60.3 Å². The standard InChI is InChI=1S/C19H20N2O3S/c1-24-15-10-8-14(9-11-15)13-20-18(22)7-4-12-21-19(23)16-5-2-3-6-17(16)25-21/h2-3,5-6,8-11H,4,7,12-13H2,1H3,(H,20,22). The molecule has 5 nitrogen and oxygen atoms in total. The molecule has 3 rings (SSSR count). The maximum atomic E-state index is 12.2. The summed E-state index contributed by atoms with van der Waals surface area (Å²) in [6.07, 6.45) is 1.04. The lowest BCUT2D eigenvalue weighted by Crippen LogP contribution is -2.23. The number of hydrogen-bond acceptors (Lipinski definition) is 4. The lowest BCUT2D eigenvalue weighted by Gasteiger charge is -2.06. The van der Waals surface area contributed by atoms with Gasteiger partial charge >= 0.3 is 0 Å². The molecule has 130 valence electrons. The molecule has 0 bridgehead atoms. The van der Waals surface area contributed by atoms with Gasteiger partial charge < -0.3 is 10.1 Å². The Morgan fingerprint density at radius 2 is 1.92 bits per heavy atom. The van der Waals surface area contributed by atoms with E-state index in [2.05, 4.69) is 5.32 Å². The maximum absolute atomic E-state index is 12.2. The van der Waals surface area contributed by atoms with Crippen LogP contribution in [0.2, 0.25) is 0 Å². The number of ether oxygens (including phenoxy) is 1. The molecule has 1 heterocycles. The quantitative estimate of drug-likeness (QED) is 0.707. The Bertz CT molecular complexity index is 912. The molecule has 2 aromatic carbocycles. The zero-order valence-corrected chi connectivity index (χ0v) is 14.8. The van der Waals surface area contributed by atoms with Crippen molar-refractivity contribution in [3.63, 3.8) is 0 Å². The van der Waals surface area contributed by atoms with Crippen LogP contribution in [0.5, 0.6) is 5.75 Å². The molecule has 0 saturated heterocycles. The number of carbonyl (C=O) groups excluding carboxylic acids is 1. The van der Waals surface area contributed by atoms with Crippen molar-refractivity contribution in [1.29, 1.82) is 0 Å². The van der Waals surface area contributed by atoms with E-state index in [0.29, 0.717) is 25.9 Å². The van der Waals surface area contributed by atoms with Crippen molar-refractivity contribution in [3.8, 4) is 5.75 Å². The highest BCUT2D eigenvalue weighted by atomic mass is 32.1. The Morgan fingerprint density at radius 3 is 2.64 bits per heavy atom. The largest absolute Gasteiger partial charge is 0.497 e. The Morgan fingerprint density at radius 1 is 1.16 bits per heavy atom. The fourth-order valence-electron chi connectivity index (χ4n) is 2.58. The molecule has 1 amide bonds. The van der Waals surface area contributed by atoms with Gasteiger partial charge in [0.1, 0.15) is 5.75 Å². The number of benzene rings is 2. The second kappa shape index (κ2) is 7.98. The van der Waals surface area contributed by atoms with E-state index in [1.54, 1.807) is 11.1 Å². The highest BCUT2D eigenvalue weighted by molar-refractivity contribution is 7.13. The van der Waals surface area contributed by atoms with Crippen LogP contribution < -0.4 is 15.6 Å². The highest BCUT2D eigenvalue weighted by Crippen LogP contribution is 2.16. The summed E-state index contributed by atoms with van der Waals surface area (Å²) < 4.78 is 7.81. The number of methoxy groups -OCH3 is 1. The average molecular weight is 356 g/mol. The summed E-state index contributed by atoms with van der Waals surface area (Å²) in [4.78, 5) is 24.2. The van der Waals surface area contributed by atoms with Crippen LogP contribution in [0.1, 0.15) is 18.4 Å². The van der Waals surface area contributed by atoms with Crippen LogP contribution in [0.4, 0.5) is 0 Å². The Hall–Kier alpha value is -2.60. The summed E-state index contributed by atoms with van der Waals surface area (Å²) in [5, 5.41) is 3.65. The van der Waals surface area contributed by atoms with Gasteiger partial charge in [0, 0.05) is 19.5 Å². The van der Waals surface area contributed by atoms with Crippen molar-refractivity contribution < 1.29 is 9.53 Å². The van der Waals surface area contributed by atoms with Crippen LogP contribution in [0, 0.1) is 0 Å². The van der Waals surface area contributed by atoms with Gasteiger partial charge in [-0.15, -0.1) is 0 Å². The van der Waals surface area contributed by atoms with Crippen LogP contribution in [-0.2, 0) is 17.9 Å². The number of hydrogen-bond donors (Lipinski definition) is 1. The Labute approximate surface area is 150 Å². The fourth-order valence-corrected chi connectivity index (χ4v) is 3.61. The maximum Gasteiger partial charge on any atom is 0.268 e. The van der Waals surface area contributed by atoms with Crippen molar-refractivity contribution in [3.05, 3.63) is 64.4 Å². The summed E-state index contributed by atoms with van der Waals surface area (Å²) in [6.45, 7) is 1.06. The zero-order chi connectivity index (χ0) is 17.6. The van der Waals surface area contributed by atoms with E-state index in [4.69, 9.17) is 4.74 Å². The predicted molar refractivity (Wildman–Crippen MR) is 100 cm³/mol. The zero-order valence-electron chi connectivity index (χ0n) is 14.0. The van der Waals surface area contributed by atoms with E-state index in [1.165, 1.54) is 11.5 Å². The minimum atomic E-state index is -0.00928. The molecular formula is C19H20N2O3S. The monoisotopic (exact) mass is 356 g/mol. The number of aryl methyl sites for hydroxylation is 1. The molecule has 0 atom stereocenters. The van der Waals surface area contributed by atoms with Gasteiger partial charge in [-0.25, -0.2) is 0 Å². The van der Waals surface area contributed by atoms with Crippen molar-refractivity contribution in [1.82, 2.24) is 9.27 Å². The molecule has 0 saturated carbocycles. The molecule has 0 unspecified atom stereocenters.